The number of rotatable bonds is 6. The largest absolute Gasteiger partial charge is 2.00 e. The Balaban J connectivity index is 0.000000642. The SMILES string of the molecule is CC(=O)Nc1ccc(NC(C)=O)c(C(=O)[O-])c1.CC(=O)Nc1ccc(NC(C)=O)c(C(=O)[O-])c1.[Pb+2]. The van der Waals surface area contributed by atoms with Gasteiger partial charge in [0.25, 0.3) is 0 Å². The smallest absolute Gasteiger partial charge is 0.545 e. The van der Waals surface area contributed by atoms with E-state index < -0.39 is 11.9 Å². The van der Waals surface area contributed by atoms with Crippen molar-refractivity contribution in [3.05, 3.63) is 47.5 Å². The van der Waals surface area contributed by atoms with Crippen molar-refractivity contribution in [2.24, 2.45) is 0 Å². The third-order valence-electron chi connectivity index (χ3n) is 3.74. The maximum Gasteiger partial charge on any atom is 2.00 e. The molecule has 4 N–H and O–H groups in total. The van der Waals surface area contributed by atoms with Crippen molar-refractivity contribution < 1.29 is 39.0 Å². The number of benzene rings is 2. The topological polar surface area (TPSA) is 197 Å². The molecule has 2 aromatic rings. The van der Waals surface area contributed by atoms with E-state index in [0.29, 0.717) is 11.4 Å². The van der Waals surface area contributed by atoms with E-state index in [2.05, 4.69) is 21.3 Å². The molecule has 0 atom stereocenters. The van der Waals surface area contributed by atoms with Gasteiger partial charge in [-0.05, 0) is 36.4 Å². The summed E-state index contributed by atoms with van der Waals surface area (Å²) in [4.78, 5) is 65.1. The van der Waals surface area contributed by atoms with Gasteiger partial charge >= 0.3 is 27.3 Å². The van der Waals surface area contributed by atoms with E-state index in [9.17, 15) is 39.0 Å². The van der Waals surface area contributed by atoms with Gasteiger partial charge in [0.15, 0.2) is 0 Å². The summed E-state index contributed by atoms with van der Waals surface area (Å²) in [5, 5.41) is 31.3. The fraction of sp³-hybridized carbons (Fsp3) is 0.182. The minimum Gasteiger partial charge on any atom is -0.545 e. The van der Waals surface area contributed by atoms with Crippen molar-refractivity contribution >= 4 is 85.6 Å². The number of carbonyl (C=O) groups excluding carboxylic acids is 6. The molecule has 4 amide bonds. The predicted molar refractivity (Wildman–Crippen MR) is 125 cm³/mol. The summed E-state index contributed by atoms with van der Waals surface area (Å²) < 4.78 is 0. The first-order chi connectivity index (χ1) is 15.8. The summed E-state index contributed by atoms with van der Waals surface area (Å²) in [6, 6.07) is 8.19. The van der Waals surface area contributed by atoms with E-state index in [1.807, 2.05) is 0 Å². The Morgan fingerprint density at radius 2 is 0.829 bits per heavy atom. The Labute approximate surface area is 220 Å². The van der Waals surface area contributed by atoms with Crippen LogP contribution in [0.15, 0.2) is 36.4 Å². The van der Waals surface area contributed by atoms with Gasteiger partial charge in [-0.2, -0.15) is 0 Å². The van der Waals surface area contributed by atoms with Gasteiger partial charge < -0.3 is 41.1 Å². The van der Waals surface area contributed by atoms with Crippen molar-refractivity contribution in [3.8, 4) is 0 Å². The first kappa shape index (κ1) is 31.2. The molecule has 2 rings (SSSR count). The maximum absolute atomic E-state index is 10.9. The van der Waals surface area contributed by atoms with Crippen molar-refractivity contribution in [2.45, 2.75) is 27.7 Å². The van der Waals surface area contributed by atoms with Gasteiger partial charge in [-0.15, -0.1) is 0 Å². The average Bonchev–Trinajstić information content (AvgIpc) is 2.69. The molecule has 0 unspecified atom stereocenters. The van der Waals surface area contributed by atoms with Gasteiger partial charge in [-0.1, -0.05) is 0 Å². The van der Waals surface area contributed by atoms with E-state index >= 15 is 0 Å². The molecular formula is C22H22N4O8Pb. The molecule has 0 aliphatic heterocycles. The van der Waals surface area contributed by atoms with E-state index in [1.165, 1.54) is 64.1 Å². The van der Waals surface area contributed by atoms with E-state index in [4.69, 9.17) is 0 Å². The molecule has 0 spiro atoms. The molecule has 12 nitrogen and oxygen atoms in total. The fourth-order valence-electron chi connectivity index (χ4n) is 2.59. The molecule has 0 aromatic heterocycles. The van der Waals surface area contributed by atoms with Crippen LogP contribution in [0.3, 0.4) is 0 Å². The number of amides is 4. The molecule has 0 heterocycles. The van der Waals surface area contributed by atoms with Crippen LogP contribution in [-0.4, -0.2) is 62.9 Å². The summed E-state index contributed by atoms with van der Waals surface area (Å²) in [5.74, 6) is -4.27. The first-order valence-electron chi connectivity index (χ1n) is 9.61. The number of carboxylic acid groups (broad SMARTS) is 2. The standard InChI is InChI=1S/2C11H12N2O4.Pb/c2*1-6(14)12-8-3-4-10(13-7(2)15)9(5-8)11(16)17;/h2*3-5H,1-2H3,(H,12,14)(H,13,15)(H,16,17);/q;;+2/p-2. The number of carbonyl (C=O) groups is 6. The van der Waals surface area contributed by atoms with E-state index in [-0.39, 0.29) is 73.4 Å². The number of carboxylic acids is 2. The van der Waals surface area contributed by atoms with Crippen molar-refractivity contribution in [1.82, 2.24) is 0 Å². The first-order valence-corrected chi connectivity index (χ1v) is 9.61. The number of anilines is 4. The Hall–Kier alpha value is -3.82. The maximum atomic E-state index is 10.9. The normalized spacial score (nSPS) is 9.26. The third kappa shape index (κ3) is 11.2. The summed E-state index contributed by atoms with van der Waals surface area (Å²) in [6.45, 7) is 5.14. The quantitative estimate of drug-likeness (QED) is 0.295. The van der Waals surface area contributed by atoms with Gasteiger partial charge in [0.2, 0.25) is 23.6 Å². The molecule has 2 radical (unpaired) electrons. The molecule has 35 heavy (non-hydrogen) atoms. The zero-order valence-electron chi connectivity index (χ0n) is 19.2. The van der Waals surface area contributed by atoms with Gasteiger partial charge in [0.1, 0.15) is 0 Å². The minimum atomic E-state index is -1.43. The van der Waals surface area contributed by atoms with Crippen LogP contribution < -0.4 is 31.5 Å². The van der Waals surface area contributed by atoms with Crippen molar-refractivity contribution in [3.63, 3.8) is 0 Å². The van der Waals surface area contributed by atoms with Gasteiger partial charge in [-0.25, -0.2) is 0 Å². The Kier molecular flexibility index (Phi) is 12.9. The molecule has 13 heteroatoms. The zero-order valence-corrected chi connectivity index (χ0v) is 23.1. The molecule has 182 valence electrons. The Morgan fingerprint density at radius 1 is 0.543 bits per heavy atom. The zero-order chi connectivity index (χ0) is 26.0. The number of hydrogen-bond acceptors (Lipinski definition) is 8. The van der Waals surface area contributed by atoms with Crippen LogP contribution in [0, 0.1) is 0 Å². The Bertz CT molecular complexity index is 1060. The number of hydrogen-bond donors (Lipinski definition) is 4. The van der Waals surface area contributed by atoms with Crippen LogP contribution >= 0.6 is 0 Å². The van der Waals surface area contributed by atoms with Crippen LogP contribution in [0.5, 0.6) is 0 Å². The summed E-state index contributed by atoms with van der Waals surface area (Å²) >= 11 is 0. The molecule has 0 aliphatic carbocycles. The number of aromatic carboxylic acids is 2. The van der Waals surface area contributed by atoms with E-state index in [0.717, 1.165) is 0 Å². The number of nitrogens with one attached hydrogen (secondary N) is 4. The average molecular weight is 678 g/mol. The molecule has 2 aromatic carbocycles. The van der Waals surface area contributed by atoms with Gasteiger partial charge in [-0.3, -0.25) is 19.2 Å². The molecular weight excluding hydrogens is 655 g/mol. The van der Waals surface area contributed by atoms with Crippen LogP contribution in [-0.2, 0) is 19.2 Å². The van der Waals surface area contributed by atoms with Crippen LogP contribution in [0.25, 0.3) is 0 Å². The molecule has 0 saturated carbocycles. The molecule has 0 bridgehead atoms. The summed E-state index contributed by atoms with van der Waals surface area (Å²) in [5.41, 5.74) is 0.535. The van der Waals surface area contributed by atoms with Gasteiger partial charge in [0.05, 0.1) is 11.9 Å². The van der Waals surface area contributed by atoms with Crippen LogP contribution in [0.2, 0.25) is 0 Å². The van der Waals surface area contributed by atoms with Crippen LogP contribution in [0.4, 0.5) is 22.7 Å². The second-order valence-corrected chi connectivity index (χ2v) is 6.82. The molecule has 0 saturated heterocycles. The second kappa shape index (κ2) is 14.4. The van der Waals surface area contributed by atoms with Crippen LogP contribution in [0.1, 0.15) is 48.4 Å². The van der Waals surface area contributed by atoms with Crippen molar-refractivity contribution in [1.29, 1.82) is 0 Å². The summed E-state index contributed by atoms with van der Waals surface area (Å²) in [7, 11) is 0. The Morgan fingerprint density at radius 3 is 1.06 bits per heavy atom. The summed E-state index contributed by atoms with van der Waals surface area (Å²) in [6.07, 6.45) is 0. The van der Waals surface area contributed by atoms with Crippen molar-refractivity contribution in [2.75, 3.05) is 21.3 Å². The second-order valence-electron chi connectivity index (χ2n) is 6.82. The fourth-order valence-corrected chi connectivity index (χ4v) is 2.59. The predicted octanol–water partition coefficient (Wildman–Crippen LogP) is -0.447. The van der Waals surface area contributed by atoms with Gasteiger partial charge in [0, 0.05) is 61.6 Å². The minimum absolute atomic E-state index is 0. The monoisotopic (exact) mass is 678 g/mol. The third-order valence-corrected chi connectivity index (χ3v) is 3.74. The molecule has 0 fully saturated rings. The van der Waals surface area contributed by atoms with E-state index in [1.54, 1.807) is 0 Å². The molecule has 0 aliphatic rings.